The summed E-state index contributed by atoms with van der Waals surface area (Å²) in [7, 11) is 4.71. The van der Waals surface area contributed by atoms with Gasteiger partial charge in [0.1, 0.15) is 23.6 Å². The van der Waals surface area contributed by atoms with Crippen LogP contribution in [0.1, 0.15) is 39.0 Å². The number of ether oxygens (including phenoxy) is 3. The first-order valence-corrected chi connectivity index (χ1v) is 10.3. The Morgan fingerprint density at radius 3 is 2.55 bits per heavy atom. The molecule has 0 aliphatic carbocycles. The van der Waals surface area contributed by atoms with Crippen LogP contribution in [0, 0.1) is 12.7 Å². The molecule has 33 heavy (non-hydrogen) atoms. The lowest BCUT2D eigenvalue weighted by molar-refractivity contribution is 0.0519. The highest BCUT2D eigenvalue weighted by Crippen LogP contribution is 2.27. The molecule has 3 aromatic rings. The molecule has 0 bridgehead atoms. The minimum atomic E-state index is -0.563. The minimum Gasteiger partial charge on any atom is -0.497 e. The average Bonchev–Trinajstić information content (AvgIpc) is 3.20. The summed E-state index contributed by atoms with van der Waals surface area (Å²) in [5.41, 5.74) is 1.90. The van der Waals surface area contributed by atoms with E-state index in [9.17, 15) is 14.0 Å². The van der Waals surface area contributed by atoms with Crippen molar-refractivity contribution in [1.82, 2.24) is 14.5 Å². The molecule has 0 radical (unpaired) electrons. The van der Waals surface area contributed by atoms with E-state index < -0.39 is 17.7 Å². The van der Waals surface area contributed by atoms with E-state index in [1.54, 1.807) is 50.8 Å². The number of aromatic nitrogens is 2. The Bertz CT molecular complexity index is 1170. The van der Waals surface area contributed by atoms with Gasteiger partial charge in [-0.1, -0.05) is 0 Å². The van der Waals surface area contributed by atoms with Crippen LogP contribution in [0.5, 0.6) is 11.5 Å². The SMILES string of the molecule is CCOC(=O)c1ncn(-c2ccc(F)cc2C(=O)N(C)Cc2ccc(OC)cc2OC)c1C. The van der Waals surface area contributed by atoms with Gasteiger partial charge in [0.05, 0.1) is 37.8 Å². The Labute approximate surface area is 191 Å². The molecule has 0 atom stereocenters. The van der Waals surface area contributed by atoms with Crippen molar-refractivity contribution in [2.75, 3.05) is 27.9 Å². The molecule has 9 heteroatoms. The fourth-order valence-electron chi connectivity index (χ4n) is 3.46. The Kier molecular flexibility index (Phi) is 7.32. The molecule has 0 unspecified atom stereocenters. The Hall–Kier alpha value is -3.88. The van der Waals surface area contributed by atoms with Gasteiger partial charge in [0.2, 0.25) is 0 Å². The standard InChI is InChI=1S/C24H26FN3O5/c1-6-33-24(30)22-15(2)28(14-26-22)20-10-8-17(25)11-19(20)23(29)27(3)13-16-7-9-18(31-4)12-21(16)32-5/h7-12,14H,6,13H2,1-5H3. The summed E-state index contributed by atoms with van der Waals surface area (Å²) < 4.78 is 31.4. The summed E-state index contributed by atoms with van der Waals surface area (Å²) in [6, 6.07) is 9.21. The van der Waals surface area contributed by atoms with Crippen molar-refractivity contribution in [3.8, 4) is 17.2 Å². The van der Waals surface area contributed by atoms with Gasteiger partial charge in [0, 0.05) is 25.2 Å². The van der Waals surface area contributed by atoms with Crippen LogP contribution in [0.3, 0.4) is 0 Å². The normalized spacial score (nSPS) is 10.6. The van der Waals surface area contributed by atoms with E-state index in [1.165, 1.54) is 36.5 Å². The number of carbonyl (C=O) groups is 2. The van der Waals surface area contributed by atoms with E-state index >= 15 is 0 Å². The molecule has 0 spiro atoms. The second-order valence-electron chi connectivity index (χ2n) is 7.27. The van der Waals surface area contributed by atoms with Crippen LogP contribution in [0.2, 0.25) is 0 Å². The highest BCUT2D eigenvalue weighted by Gasteiger charge is 2.23. The molecule has 8 nitrogen and oxygen atoms in total. The molecule has 0 saturated heterocycles. The summed E-state index contributed by atoms with van der Waals surface area (Å²) in [5.74, 6) is -0.329. The van der Waals surface area contributed by atoms with Crippen molar-refractivity contribution < 1.29 is 28.2 Å². The van der Waals surface area contributed by atoms with Crippen molar-refractivity contribution in [2.45, 2.75) is 20.4 Å². The van der Waals surface area contributed by atoms with Gasteiger partial charge >= 0.3 is 5.97 Å². The van der Waals surface area contributed by atoms with Crippen LogP contribution in [-0.4, -0.2) is 54.2 Å². The molecule has 0 N–H and O–H groups in total. The van der Waals surface area contributed by atoms with Gasteiger partial charge < -0.3 is 23.7 Å². The fourth-order valence-corrected chi connectivity index (χ4v) is 3.46. The smallest absolute Gasteiger partial charge is 0.358 e. The van der Waals surface area contributed by atoms with Crippen molar-refractivity contribution in [3.63, 3.8) is 0 Å². The number of esters is 1. The lowest BCUT2D eigenvalue weighted by Gasteiger charge is -2.21. The van der Waals surface area contributed by atoms with Crippen molar-refractivity contribution in [3.05, 3.63) is 71.1 Å². The maximum absolute atomic E-state index is 14.1. The molecule has 3 rings (SSSR count). The number of halogens is 1. The number of rotatable bonds is 8. The predicted octanol–water partition coefficient (Wildman–Crippen LogP) is 3.79. The zero-order chi connectivity index (χ0) is 24.1. The van der Waals surface area contributed by atoms with E-state index in [2.05, 4.69) is 4.98 Å². The molecule has 1 aromatic heterocycles. The van der Waals surface area contributed by atoms with E-state index in [1.807, 2.05) is 0 Å². The topological polar surface area (TPSA) is 82.9 Å². The van der Waals surface area contributed by atoms with E-state index in [4.69, 9.17) is 14.2 Å². The molecule has 0 saturated carbocycles. The van der Waals surface area contributed by atoms with Crippen LogP contribution in [0.25, 0.3) is 5.69 Å². The van der Waals surface area contributed by atoms with Crippen LogP contribution in [0.15, 0.2) is 42.7 Å². The largest absolute Gasteiger partial charge is 0.497 e. The van der Waals surface area contributed by atoms with Gasteiger partial charge in [-0.15, -0.1) is 0 Å². The number of hydrogen-bond donors (Lipinski definition) is 0. The first-order chi connectivity index (χ1) is 15.8. The fraction of sp³-hybridized carbons (Fsp3) is 0.292. The van der Waals surface area contributed by atoms with E-state index in [0.29, 0.717) is 22.9 Å². The van der Waals surface area contributed by atoms with Gasteiger partial charge in [0.25, 0.3) is 5.91 Å². The molecule has 174 valence electrons. The summed E-state index contributed by atoms with van der Waals surface area (Å²) in [6.07, 6.45) is 1.41. The number of amides is 1. The number of nitrogens with zero attached hydrogens (tertiary/aromatic N) is 3. The third-order valence-electron chi connectivity index (χ3n) is 5.17. The van der Waals surface area contributed by atoms with Crippen molar-refractivity contribution >= 4 is 11.9 Å². The number of carbonyl (C=O) groups excluding carboxylic acids is 2. The summed E-state index contributed by atoms with van der Waals surface area (Å²) >= 11 is 0. The summed E-state index contributed by atoms with van der Waals surface area (Å²) in [5, 5.41) is 0. The molecule has 1 amide bonds. The van der Waals surface area contributed by atoms with Crippen LogP contribution in [-0.2, 0) is 11.3 Å². The summed E-state index contributed by atoms with van der Waals surface area (Å²) in [4.78, 5) is 31.1. The second-order valence-corrected chi connectivity index (χ2v) is 7.27. The number of methoxy groups -OCH3 is 2. The number of hydrogen-bond acceptors (Lipinski definition) is 6. The Morgan fingerprint density at radius 1 is 1.12 bits per heavy atom. The lowest BCUT2D eigenvalue weighted by atomic mass is 10.1. The average molecular weight is 455 g/mol. The molecule has 0 aliphatic rings. The Balaban J connectivity index is 1.95. The predicted molar refractivity (Wildman–Crippen MR) is 120 cm³/mol. The van der Waals surface area contributed by atoms with Crippen molar-refractivity contribution in [2.24, 2.45) is 0 Å². The maximum atomic E-state index is 14.1. The zero-order valence-electron chi connectivity index (χ0n) is 19.2. The van der Waals surface area contributed by atoms with Crippen molar-refractivity contribution in [1.29, 1.82) is 0 Å². The first-order valence-electron chi connectivity index (χ1n) is 10.3. The number of benzene rings is 2. The second kappa shape index (κ2) is 10.2. The molecule has 0 fully saturated rings. The van der Waals surface area contributed by atoms with Crippen LogP contribution < -0.4 is 9.47 Å². The zero-order valence-corrected chi connectivity index (χ0v) is 19.2. The lowest BCUT2D eigenvalue weighted by Crippen LogP contribution is -2.27. The third kappa shape index (κ3) is 4.97. The summed E-state index contributed by atoms with van der Waals surface area (Å²) in [6.45, 7) is 3.82. The van der Waals surface area contributed by atoms with Gasteiger partial charge in [-0.2, -0.15) is 0 Å². The molecular weight excluding hydrogens is 429 g/mol. The van der Waals surface area contributed by atoms with Crippen LogP contribution >= 0.6 is 0 Å². The van der Waals surface area contributed by atoms with Gasteiger partial charge in [0.15, 0.2) is 5.69 Å². The molecular formula is C24H26FN3O5. The first kappa shape index (κ1) is 23.8. The quantitative estimate of drug-likeness (QED) is 0.481. The maximum Gasteiger partial charge on any atom is 0.358 e. The van der Waals surface area contributed by atoms with Gasteiger partial charge in [-0.25, -0.2) is 14.2 Å². The van der Waals surface area contributed by atoms with Gasteiger partial charge in [-0.05, 0) is 44.2 Å². The van der Waals surface area contributed by atoms with E-state index in [0.717, 1.165) is 5.56 Å². The highest BCUT2D eigenvalue weighted by molar-refractivity contribution is 5.98. The molecule has 0 aliphatic heterocycles. The minimum absolute atomic E-state index is 0.126. The van der Waals surface area contributed by atoms with Gasteiger partial charge in [-0.3, -0.25) is 4.79 Å². The molecule has 2 aromatic carbocycles. The van der Waals surface area contributed by atoms with Crippen LogP contribution in [0.4, 0.5) is 4.39 Å². The highest BCUT2D eigenvalue weighted by atomic mass is 19.1. The number of imidazole rings is 1. The Morgan fingerprint density at radius 2 is 1.88 bits per heavy atom. The monoisotopic (exact) mass is 455 g/mol. The molecule has 1 heterocycles. The van der Waals surface area contributed by atoms with E-state index in [-0.39, 0.29) is 24.4 Å². The third-order valence-corrected chi connectivity index (χ3v) is 5.17.